The third-order valence-corrected chi connectivity index (χ3v) is 13.4. The number of hydrogen-bond donors (Lipinski definition) is 0. The molecule has 0 aliphatic rings. The van der Waals surface area contributed by atoms with Crippen LogP contribution in [0.5, 0.6) is 0 Å². The molecule has 4 heteroatoms. The van der Waals surface area contributed by atoms with Gasteiger partial charge in [-0.15, -0.1) is 0 Å². The van der Waals surface area contributed by atoms with Gasteiger partial charge in [0.15, 0.2) is 0 Å². The first-order valence-electron chi connectivity index (χ1n) is 21.9. The lowest BCUT2D eigenvalue weighted by molar-refractivity contribution is 0.669. The molecule has 0 fully saturated rings. The van der Waals surface area contributed by atoms with Crippen LogP contribution >= 0.6 is 0 Å². The monoisotopic (exact) mass is 815 g/mol. The summed E-state index contributed by atoms with van der Waals surface area (Å²) in [5.41, 5.74) is 16.7. The van der Waals surface area contributed by atoms with Crippen LogP contribution in [0.15, 0.2) is 229 Å². The fourth-order valence-electron chi connectivity index (χ4n) is 10.6. The predicted octanol–water partition coefficient (Wildman–Crippen LogP) is 16.2. The van der Waals surface area contributed by atoms with Crippen molar-refractivity contribution in [2.75, 3.05) is 0 Å². The molecule has 64 heavy (non-hydrogen) atoms. The van der Waals surface area contributed by atoms with Crippen LogP contribution in [0.2, 0.25) is 0 Å². The SMILES string of the molecule is c1ccc(-c2ccc(-c3cc(-n4c5ccccc5c5ccc(-n6c7ccccc7c7cc(-n8c9ccccc9c9ccccc98)ccc76)cc54)c4c(c3)oc3ccccc34)cc2)cc1. The van der Waals surface area contributed by atoms with E-state index in [0.29, 0.717) is 0 Å². The molecule has 14 aromatic rings. The van der Waals surface area contributed by atoms with Gasteiger partial charge < -0.3 is 18.1 Å². The number of furan rings is 1. The van der Waals surface area contributed by atoms with Crippen molar-refractivity contribution in [1.82, 2.24) is 13.7 Å². The second kappa shape index (κ2) is 13.4. The largest absolute Gasteiger partial charge is 0.456 e. The summed E-state index contributed by atoms with van der Waals surface area (Å²) in [4.78, 5) is 0. The van der Waals surface area contributed by atoms with Gasteiger partial charge in [0.25, 0.3) is 0 Å². The Labute approximate surface area is 367 Å². The Morgan fingerprint density at radius 1 is 0.250 bits per heavy atom. The fraction of sp³-hybridized carbons (Fsp3) is 0. The zero-order chi connectivity index (χ0) is 41.9. The maximum atomic E-state index is 6.71. The zero-order valence-corrected chi connectivity index (χ0v) is 34.6. The predicted molar refractivity (Wildman–Crippen MR) is 268 cm³/mol. The Morgan fingerprint density at radius 2 is 0.703 bits per heavy atom. The van der Waals surface area contributed by atoms with Crippen LogP contribution in [0.3, 0.4) is 0 Å². The van der Waals surface area contributed by atoms with Gasteiger partial charge in [-0.1, -0.05) is 152 Å². The van der Waals surface area contributed by atoms with Crippen molar-refractivity contribution < 1.29 is 4.42 Å². The van der Waals surface area contributed by atoms with E-state index in [1.165, 1.54) is 60.0 Å². The Balaban J connectivity index is 1.01. The Hall–Kier alpha value is -8.60. The van der Waals surface area contributed by atoms with Gasteiger partial charge in [-0.05, 0) is 95.1 Å². The number of fused-ring (bicyclic) bond motifs is 12. The quantitative estimate of drug-likeness (QED) is 0.170. The lowest BCUT2D eigenvalue weighted by atomic mass is 9.98. The molecule has 4 nitrogen and oxygen atoms in total. The highest BCUT2D eigenvalue weighted by molar-refractivity contribution is 6.16. The molecule has 0 saturated carbocycles. The third kappa shape index (κ3) is 5.05. The van der Waals surface area contributed by atoms with Crippen molar-refractivity contribution in [2.24, 2.45) is 0 Å². The third-order valence-electron chi connectivity index (χ3n) is 13.4. The minimum absolute atomic E-state index is 0.865. The van der Waals surface area contributed by atoms with Gasteiger partial charge in [0.2, 0.25) is 0 Å². The van der Waals surface area contributed by atoms with Crippen LogP contribution in [-0.2, 0) is 0 Å². The molecule has 0 aliphatic carbocycles. The summed E-state index contributed by atoms with van der Waals surface area (Å²) < 4.78 is 14.0. The van der Waals surface area contributed by atoms with Crippen molar-refractivity contribution in [3.8, 4) is 39.3 Å². The molecule has 0 radical (unpaired) electrons. The second-order valence-electron chi connectivity index (χ2n) is 16.9. The number of rotatable bonds is 5. The molecular formula is C60H37N3O. The molecule has 0 N–H and O–H groups in total. The van der Waals surface area contributed by atoms with Crippen LogP contribution in [0.25, 0.3) is 127 Å². The van der Waals surface area contributed by atoms with E-state index >= 15 is 0 Å². The summed E-state index contributed by atoms with van der Waals surface area (Å²) >= 11 is 0. The van der Waals surface area contributed by atoms with E-state index < -0.39 is 0 Å². The average molecular weight is 816 g/mol. The van der Waals surface area contributed by atoms with E-state index in [2.05, 4.69) is 238 Å². The molecule has 4 aromatic heterocycles. The first-order valence-corrected chi connectivity index (χ1v) is 21.9. The molecular weight excluding hydrogens is 779 g/mol. The van der Waals surface area contributed by atoms with Gasteiger partial charge in [-0.2, -0.15) is 0 Å². The van der Waals surface area contributed by atoms with E-state index in [1.807, 2.05) is 0 Å². The number of para-hydroxylation sites is 5. The molecule has 0 atom stereocenters. The maximum Gasteiger partial charge on any atom is 0.138 e. The standard InChI is InChI=1S/C60H37N3O/c1-2-14-38(15-3-1)39-26-28-40(29-27-39)41-34-57(60-49-20-8-13-25-58(49)64-59(60)35-41)63-54-24-12-6-18-46(54)48-32-30-43(37-56(48)63)62-53-23-11-7-19-47(53)50-36-42(31-33-55(50)62)61-51-21-9-4-16-44(51)45-17-5-10-22-52(45)61/h1-37H. The summed E-state index contributed by atoms with van der Waals surface area (Å²) in [5.74, 6) is 0. The number of benzene rings is 10. The summed E-state index contributed by atoms with van der Waals surface area (Å²) in [5, 5.41) is 9.57. The van der Waals surface area contributed by atoms with E-state index in [1.54, 1.807) is 0 Å². The minimum atomic E-state index is 0.865. The first-order chi connectivity index (χ1) is 31.7. The summed E-state index contributed by atoms with van der Waals surface area (Å²) in [6.07, 6.45) is 0. The minimum Gasteiger partial charge on any atom is -0.456 e. The molecule has 298 valence electrons. The van der Waals surface area contributed by atoms with Crippen molar-refractivity contribution >= 4 is 87.4 Å². The van der Waals surface area contributed by atoms with Crippen LogP contribution in [0.4, 0.5) is 0 Å². The van der Waals surface area contributed by atoms with Crippen LogP contribution in [0.1, 0.15) is 0 Å². The van der Waals surface area contributed by atoms with Crippen molar-refractivity contribution in [1.29, 1.82) is 0 Å². The van der Waals surface area contributed by atoms with Gasteiger partial charge in [-0.3, -0.25) is 0 Å². The lowest BCUT2D eigenvalue weighted by Gasteiger charge is -2.14. The second-order valence-corrected chi connectivity index (χ2v) is 16.9. The average Bonchev–Trinajstić information content (AvgIpc) is 4.10. The van der Waals surface area contributed by atoms with Gasteiger partial charge in [0.05, 0.1) is 44.2 Å². The molecule has 4 heterocycles. The van der Waals surface area contributed by atoms with Crippen molar-refractivity contribution in [3.63, 3.8) is 0 Å². The summed E-state index contributed by atoms with van der Waals surface area (Å²) in [7, 11) is 0. The van der Waals surface area contributed by atoms with E-state index in [9.17, 15) is 0 Å². The smallest absolute Gasteiger partial charge is 0.138 e. The van der Waals surface area contributed by atoms with E-state index in [4.69, 9.17) is 4.42 Å². The Kier molecular flexibility index (Phi) is 7.36. The van der Waals surface area contributed by atoms with Gasteiger partial charge in [0, 0.05) is 49.1 Å². The summed E-state index contributed by atoms with van der Waals surface area (Å²) in [6.45, 7) is 0. The van der Waals surface area contributed by atoms with Gasteiger partial charge in [0.1, 0.15) is 11.2 Å². The number of hydrogen-bond acceptors (Lipinski definition) is 1. The molecule has 0 amide bonds. The molecule has 0 spiro atoms. The molecule has 14 rings (SSSR count). The topological polar surface area (TPSA) is 27.9 Å². The molecule has 0 saturated heterocycles. The Bertz CT molecular complexity index is 4130. The molecule has 0 unspecified atom stereocenters. The molecule has 0 aliphatic heterocycles. The van der Waals surface area contributed by atoms with E-state index in [-0.39, 0.29) is 0 Å². The highest BCUT2D eigenvalue weighted by Crippen LogP contribution is 2.43. The van der Waals surface area contributed by atoms with Gasteiger partial charge in [-0.25, -0.2) is 0 Å². The molecule has 0 bridgehead atoms. The van der Waals surface area contributed by atoms with Gasteiger partial charge >= 0.3 is 0 Å². The van der Waals surface area contributed by atoms with Crippen molar-refractivity contribution in [3.05, 3.63) is 224 Å². The van der Waals surface area contributed by atoms with E-state index in [0.717, 1.165) is 66.7 Å². The van der Waals surface area contributed by atoms with Crippen molar-refractivity contribution in [2.45, 2.75) is 0 Å². The van der Waals surface area contributed by atoms with Crippen LogP contribution < -0.4 is 0 Å². The number of aromatic nitrogens is 3. The zero-order valence-electron chi connectivity index (χ0n) is 34.6. The van der Waals surface area contributed by atoms with Crippen LogP contribution in [-0.4, -0.2) is 13.7 Å². The number of nitrogens with zero attached hydrogens (tertiary/aromatic N) is 3. The first kappa shape index (κ1) is 35.0. The Morgan fingerprint density at radius 3 is 1.34 bits per heavy atom. The normalized spacial score (nSPS) is 12.1. The lowest BCUT2D eigenvalue weighted by Crippen LogP contribution is -1.98. The molecule has 10 aromatic carbocycles. The summed E-state index contributed by atoms with van der Waals surface area (Å²) in [6, 6.07) is 81.5. The fourth-order valence-corrected chi connectivity index (χ4v) is 10.6. The van der Waals surface area contributed by atoms with Crippen LogP contribution in [0, 0.1) is 0 Å². The maximum absolute atomic E-state index is 6.71. The highest BCUT2D eigenvalue weighted by Gasteiger charge is 2.22. The highest BCUT2D eigenvalue weighted by atomic mass is 16.3.